The quantitative estimate of drug-likeness (QED) is 0.787. The molecule has 0 saturated heterocycles. The Morgan fingerprint density at radius 1 is 1.30 bits per heavy atom. The van der Waals surface area contributed by atoms with Gasteiger partial charge in [0.05, 0.1) is 25.1 Å². The molecule has 0 saturated carbocycles. The van der Waals surface area contributed by atoms with Crippen LogP contribution in [0.25, 0.3) is 5.65 Å². The lowest BCUT2D eigenvalue weighted by Gasteiger charge is -2.08. The SMILES string of the molecule is CCOC(=O)c1cc2nc(C)c(C(=O)OC)c(C)n2n1. The molecule has 0 radical (unpaired) electrons. The molecule has 2 heterocycles. The number of carbonyl (C=O) groups is 2. The Bertz CT molecular complexity index is 690. The molecule has 0 aliphatic rings. The van der Waals surface area contributed by atoms with Crippen LogP contribution in [0.2, 0.25) is 0 Å². The van der Waals surface area contributed by atoms with Gasteiger partial charge in [-0.15, -0.1) is 0 Å². The third-order valence-corrected chi connectivity index (χ3v) is 2.89. The Labute approximate surface area is 115 Å². The molecule has 0 N–H and O–H groups in total. The van der Waals surface area contributed by atoms with E-state index in [-0.39, 0.29) is 12.3 Å². The van der Waals surface area contributed by atoms with Crippen molar-refractivity contribution in [3.8, 4) is 0 Å². The number of carbonyl (C=O) groups excluding carboxylic acids is 2. The van der Waals surface area contributed by atoms with E-state index in [9.17, 15) is 9.59 Å². The molecular weight excluding hydrogens is 262 g/mol. The molecule has 20 heavy (non-hydrogen) atoms. The van der Waals surface area contributed by atoms with E-state index in [1.165, 1.54) is 17.7 Å². The molecule has 0 bridgehead atoms. The molecule has 2 aromatic rings. The fourth-order valence-corrected chi connectivity index (χ4v) is 2.00. The van der Waals surface area contributed by atoms with Gasteiger partial charge in [0, 0.05) is 6.07 Å². The lowest BCUT2D eigenvalue weighted by Crippen LogP contribution is -2.12. The maximum absolute atomic E-state index is 11.7. The summed E-state index contributed by atoms with van der Waals surface area (Å²) in [6.07, 6.45) is 0. The molecule has 7 nitrogen and oxygen atoms in total. The maximum Gasteiger partial charge on any atom is 0.358 e. The molecule has 0 fully saturated rings. The summed E-state index contributed by atoms with van der Waals surface area (Å²) in [4.78, 5) is 27.7. The number of rotatable bonds is 3. The number of fused-ring (bicyclic) bond motifs is 1. The normalized spacial score (nSPS) is 10.6. The van der Waals surface area contributed by atoms with Crippen LogP contribution in [0.5, 0.6) is 0 Å². The number of ether oxygens (including phenoxy) is 2. The Hall–Kier alpha value is -2.44. The van der Waals surface area contributed by atoms with E-state index in [4.69, 9.17) is 9.47 Å². The third kappa shape index (κ3) is 2.22. The predicted molar refractivity (Wildman–Crippen MR) is 69.8 cm³/mol. The number of methoxy groups -OCH3 is 1. The minimum absolute atomic E-state index is 0.156. The third-order valence-electron chi connectivity index (χ3n) is 2.89. The number of aryl methyl sites for hydroxylation is 2. The number of hydrogen-bond donors (Lipinski definition) is 0. The molecule has 0 spiro atoms. The average molecular weight is 277 g/mol. The maximum atomic E-state index is 11.7. The molecular formula is C13H15N3O4. The van der Waals surface area contributed by atoms with Gasteiger partial charge in [0.15, 0.2) is 11.3 Å². The second-order valence-corrected chi connectivity index (χ2v) is 4.17. The van der Waals surface area contributed by atoms with Crippen LogP contribution < -0.4 is 0 Å². The van der Waals surface area contributed by atoms with Crippen LogP contribution >= 0.6 is 0 Å². The largest absolute Gasteiger partial charge is 0.465 e. The lowest BCUT2D eigenvalue weighted by atomic mass is 10.2. The molecule has 0 aromatic carbocycles. The Morgan fingerprint density at radius 2 is 2.00 bits per heavy atom. The van der Waals surface area contributed by atoms with Gasteiger partial charge >= 0.3 is 11.9 Å². The van der Waals surface area contributed by atoms with E-state index in [0.29, 0.717) is 22.6 Å². The topological polar surface area (TPSA) is 82.8 Å². The van der Waals surface area contributed by atoms with Crippen LogP contribution in [-0.2, 0) is 9.47 Å². The first-order valence-corrected chi connectivity index (χ1v) is 6.12. The number of esters is 2. The highest BCUT2D eigenvalue weighted by Crippen LogP contribution is 2.16. The van der Waals surface area contributed by atoms with Gasteiger partial charge in [0.1, 0.15) is 5.56 Å². The minimum Gasteiger partial charge on any atom is -0.465 e. The molecule has 2 rings (SSSR count). The van der Waals surface area contributed by atoms with Gasteiger partial charge in [-0.3, -0.25) is 0 Å². The first-order valence-electron chi connectivity index (χ1n) is 6.12. The zero-order valence-corrected chi connectivity index (χ0v) is 11.8. The van der Waals surface area contributed by atoms with Crippen molar-refractivity contribution in [2.45, 2.75) is 20.8 Å². The van der Waals surface area contributed by atoms with Crippen molar-refractivity contribution in [2.75, 3.05) is 13.7 Å². The second-order valence-electron chi connectivity index (χ2n) is 4.17. The van der Waals surface area contributed by atoms with Crippen molar-refractivity contribution >= 4 is 17.6 Å². The highest BCUT2D eigenvalue weighted by atomic mass is 16.5. The fourth-order valence-electron chi connectivity index (χ4n) is 2.00. The van der Waals surface area contributed by atoms with Gasteiger partial charge < -0.3 is 9.47 Å². The van der Waals surface area contributed by atoms with Crippen molar-refractivity contribution in [3.63, 3.8) is 0 Å². The molecule has 106 valence electrons. The molecule has 0 aliphatic heterocycles. The van der Waals surface area contributed by atoms with Crippen LogP contribution in [0.1, 0.15) is 39.2 Å². The number of aromatic nitrogens is 3. The Balaban J connectivity index is 2.61. The average Bonchev–Trinajstić information content (AvgIpc) is 2.83. The van der Waals surface area contributed by atoms with Crippen LogP contribution in [0.15, 0.2) is 6.07 Å². The van der Waals surface area contributed by atoms with Crippen molar-refractivity contribution in [3.05, 3.63) is 28.7 Å². The standard InChI is InChI=1S/C13H15N3O4/c1-5-20-12(17)9-6-10-14-7(2)11(13(18)19-4)8(3)16(10)15-9/h6H,5H2,1-4H3. The molecule has 7 heteroatoms. The van der Waals surface area contributed by atoms with E-state index in [1.54, 1.807) is 20.8 Å². The van der Waals surface area contributed by atoms with Gasteiger partial charge in [0.2, 0.25) is 0 Å². The molecule has 0 amide bonds. The summed E-state index contributed by atoms with van der Waals surface area (Å²) in [6.45, 7) is 5.41. The first kappa shape index (κ1) is 14.0. The summed E-state index contributed by atoms with van der Waals surface area (Å²) in [6, 6.07) is 1.53. The van der Waals surface area contributed by atoms with E-state index in [0.717, 1.165) is 0 Å². The summed E-state index contributed by atoms with van der Waals surface area (Å²) in [5, 5.41) is 4.12. The number of hydrogen-bond acceptors (Lipinski definition) is 6. The van der Waals surface area contributed by atoms with Gasteiger partial charge in [-0.1, -0.05) is 0 Å². The van der Waals surface area contributed by atoms with E-state index in [1.807, 2.05) is 0 Å². The minimum atomic E-state index is -0.519. The first-order chi connectivity index (χ1) is 9.49. The summed E-state index contributed by atoms with van der Waals surface area (Å²) in [7, 11) is 1.30. The van der Waals surface area contributed by atoms with Crippen LogP contribution in [0, 0.1) is 13.8 Å². The zero-order valence-electron chi connectivity index (χ0n) is 11.8. The van der Waals surface area contributed by atoms with Crippen LogP contribution in [0.4, 0.5) is 0 Å². The van der Waals surface area contributed by atoms with Crippen molar-refractivity contribution in [1.82, 2.24) is 14.6 Å². The van der Waals surface area contributed by atoms with Crippen LogP contribution in [0.3, 0.4) is 0 Å². The smallest absolute Gasteiger partial charge is 0.358 e. The van der Waals surface area contributed by atoms with Gasteiger partial charge in [0.25, 0.3) is 0 Å². The summed E-state index contributed by atoms with van der Waals surface area (Å²) < 4.78 is 11.1. The van der Waals surface area contributed by atoms with Gasteiger partial charge in [-0.25, -0.2) is 19.1 Å². The van der Waals surface area contributed by atoms with E-state index in [2.05, 4.69) is 10.1 Å². The molecule has 0 aliphatic carbocycles. The Morgan fingerprint density at radius 3 is 2.60 bits per heavy atom. The summed E-state index contributed by atoms with van der Waals surface area (Å²) in [5.41, 5.74) is 2.07. The highest BCUT2D eigenvalue weighted by Gasteiger charge is 2.20. The lowest BCUT2D eigenvalue weighted by molar-refractivity contribution is 0.0518. The van der Waals surface area contributed by atoms with E-state index < -0.39 is 11.9 Å². The fraction of sp³-hybridized carbons (Fsp3) is 0.385. The highest BCUT2D eigenvalue weighted by molar-refractivity contribution is 5.92. The van der Waals surface area contributed by atoms with Crippen molar-refractivity contribution in [1.29, 1.82) is 0 Å². The number of nitrogens with zero attached hydrogens (tertiary/aromatic N) is 3. The summed E-state index contributed by atoms with van der Waals surface area (Å²) >= 11 is 0. The molecule has 0 atom stereocenters. The Kier molecular flexibility index (Phi) is 3.69. The zero-order chi connectivity index (χ0) is 14.9. The molecule has 0 unspecified atom stereocenters. The van der Waals surface area contributed by atoms with Gasteiger partial charge in [-0.2, -0.15) is 5.10 Å². The monoisotopic (exact) mass is 277 g/mol. The van der Waals surface area contributed by atoms with Crippen molar-refractivity contribution < 1.29 is 19.1 Å². The summed E-state index contributed by atoms with van der Waals surface area (Å²) in [5.74, 6) is -1.00. The molecule has 2 aromatic heterocycles. The second kappa shape index (κ2) is 5.28. The predicted octanol–water partition coefficient (Wildman–Crippen LogP) is 1.31. The van der Waals surface area contributed by atoms with E-state index >= 15 is 0 Å². The van der Waals surface area contributed by atoms with Crippen LogP contribution in [-0.4, -0.2) is 40.3 Å². The van der Waals surface area contributed by atoms with Gasteiger partial charge in [-0.05, 0) is 20.8 Å². The van der Waals surface area contributed by atoms with Crippen molar-refractivity contribution in [2.24, 2.45) is 0 Å².